The Morgan fingerprint density at radius 2 is 1.87 bits per heavy atom. The number of alkyl halides is 2. The standard InChI is InChI=1S/C18H18F2N2O/c1-22-16-12(6-4-7-13(16)10-15(21)18(22)23)9-11-5-2-3-8-14(11)17(19)20/h2-8,15,17H,9-10,21H2,1H3/t15-/m1/s1. The number of likely N-dealkylation sites (N-methyl/N-ethyl adjacent to an activating group) is 1. The summed E-state index contributed by atoms with van der Waals surface area (Å²) in [7, 11) is 1.68. The number of fused-ring (bicyclic) bond motifs is 1. The number of rotatable bonds is 3. The highest BCUT2D eigenvalue weighted by atomic mass is 19.3. The summed E-state index contributed by atoms with van der Waals surface area (Å²) >= 11 is 0. The largest absolute Gasteiger partial charge is 0.320 e. The maximum atomic E-state index is 13.2. The average molecular weight is 316 g/mol. The molecule has 0 spiro atoms. The summed E-state index contributed by atoms with van der Waals surface area (Å²) in [6.07, 6.45) is -1.68. The number of carbonyl (C=O) groups is 1. The topological polar surface area (TPSA) is 46.3 Å². The number of anilines is 1. The number of amides is 1. The van der Waals surface area contributed by atoms with Gasteiger partial charge in [0.15, 0.2) is 0 Å². The molecule has 0 aliphatic carbocycles. The lowest BCUT2D eigenvalue weighted by molar-refractivity contribution is -0.119. The minimum absolute atomic E-state index is 0.0339. The number of benzene rings is 2. The first-order chi connectivity index (χ1) is 11.0. The molecule has 5 heteroatoms. The highest BCUT2D eigenvalue weighted by Gasteiger charge is 2.29. The Morgan fingerprint density at radius 1 is 1.17 bits per heavy atom. The third-order valence-electron chi connectivity index (χ3n) is 4.30. The molecule has 2 aromatic rings. The molecule has 3 nitrogen and oxygen atoms in total. The maximum Gasteiger partial charge on any atom is 0.264 e. The van der Waals surface area contributed by atoms with Gasteiger partial charge in [0.05, 0.1) is 11.7 Å². The van der Waals surface area contributed by atoms with Gasteiger partial charge in [0.1, 0.15) is 0 Å². The predicted octanol–water partition coefficient (Wildman–Crippen LogP) is 3.06. The molecule has 0 unspecified atom stereocenters. The predicted molar refractivity (Wildman–Crippen MR) is 85.7 cm³/mol. The van der Waals surface area contributed by atoms with Crippen LogP contribution in [0.2, 0.25) is 0 Å². The van der Waals surface area contributed by atoms with Crippen molar-refractivity contribution in [1.29, 1.82) is 0 Å². The van der Waals surface area contributed by atoms with Crippen LogP contribution in [0.25, 0.3) is 0 Å². The van der Waals surface area contributed by atoms with E-state index < -0.39 is 12.5 Å². The zero-order valence-corrected chi connectivity index (χ0v) is 12.8. The molecule has 1 aliphatic rings. The molecule has 0 radical (unpaired) electrons. The normalized spacial score (nSPS) is 17.5. The fourth-order valence-corrected chi connectivity index (χ4v) is 3.18. The van der Waals surface area contributed by atoms with E-state index in [0.717, 1.165) is 16.8 Å². The quantitative estimate of drug-likeness (QED) is 0.946. The first-order valence-corrected chi connectivity index (χ1v) is 7.49. The van der Waals surface area contributed by atoms with E-state index in [2.05, 4.69) is 0 Å². The van der Waals surface area contributed by atoms with Crippen molar-refractivity contribution in [3.63, 3.8) is 0 Å². The van der Waals surface area contributed by atoms with Gasteiger partial charge >= 0.3 is 0 Å². The molecule has 0 fully saturated rings. The fourth-order valence-electron chi connectivity index (χ4n) is 3.18. The van der Waals surface area contributed by atoms with Crippen LogP contribution in [0.5, 0.6) is 0 Å². The van der Waals surface area contributed by atoms with E-state index in [1.54, 1.807) is 30.1 Å². The fraction of sp³-hybridized carbons (Fsp3) is 0.278. The van der Waals surface area contributed by atoms with Crippen molar-refractivity contribution < 1.29 is 13.6 Å². The molecule has 120 valence electrons. The smallest absolute Gasteiger partial charge is 0.264 e. The summed E-state index contributed by atoms with van der Waals surface area (Å²) in [6, 6.07) is 11.7. The summed E-state index contributed by atoms with van der Waals surface area (Å²) < 4.78 is 26.4. The van der Waals surface area contributed by atoms with Crippen LogP contribution in [0.4, 0.5) is 14.5 Å². The Morgan fingerprint density at radius 3 is 2.61 bits per heavy atom. The van der Waals surface area contributed by atoms with Crippen molar-refractivity contribution in [2.75, 3.05) is 11.9 Å². The van der Waals surface area contributed by atoms with E-state index >= 15 is 0 Å². The minimum atomic E-state index is -2.52. The Balaban J connectivity index is 2.03. The third-order valence-corrected chi connectivity index (χ3v) is 4.30. The van der Waals surface area contributed by atoms with Crippen LogP contribution in [-0.4, -0.2) is 19.0 Å². The van der Waals surface area contributed by atoms with E-state index in [0.29, 0.717) is 18.4 Å². The second kappa shape index (κ2) is 6.08. The lowest BCUT2D eigenvalue weighted by Crippen LogP contribution is -2.47. The van der Waals surface area contributed by atoms with Crippen molar-refractivity contribution in [3.8, 4) is 0 Å². The number of hydrogen-bond donors (Lipinski definition) is 1. The molecule has 1 aliphatic heterocycles. The highest BCUT2D eigenvalue weighted by molar-refractivity contribution is 6.00. The Bertz CT molecular complexity index is 746. The summed E-state index contributed by atoms with van der Waals surface area (Å²) in [4.78, 5) is 13.7. The van der Waals surface area contributed by atoms with Crippen molar-refractivity contribution in [1.82, 2.24) is 0 Å². The Labute approximate surface area is 133 Å². The highest BCUT2D eigenvalue weighted by Crippen LogP contribution is 2.33. The molecule has 0 bridgehead atoms. The van der Waals surface area contributed by atoms with Crippen LogP contribution >= 0.6 is 0 Å². The van der Waals surface area contributed by atoms with Gasteiger partial charge in [0, 0.05) is 12.6 Å². The zero-order valence-electron chi connectivity index (χ0n) is 12.8. The molecular weight excluding hydrogens is 298 g/mol. The Hall–Kier alpha value is -2.27. The summed E-state index contributed by atoms with van der Waals surface area (Å²) in [5.74, 6) is -0.146. The molecule has 2 N–H and O–H groups in total. The van der Waals surface area contributed by atoms with Crippen molar-refractivity contribution >= 4 is 11.6 Å². The van der Waals surface area contributed by atoms with Gasteiger partial charge in [-0.05, 0) is 29.5 Å². The number of halogens is 2. The lowest BCUT2D eigenvalue weighted by atomic mass is 9.91. The van der Waals surface area contributed by atoms with Crippen LogP contribution < -0.4 is 10.6 Å². The number of para-hydroxylation sites is 1. The molecule has 23 heavy (non-hydrogen) atoms. The van der Waals surface area contributed by atoms with Crippen LogP contribution in [0.3, 0.4) is 0 Å². The van der Waals surface area contributed by atoms with Gasteiger partial charge < -0.3 is 10.6 Å². The van der Waals surface area contributed by atoms with Crippen LogP contribution in [0.15, 0.2) is 42.5 Å². The second-order valence-electron chi connectivity index (χ2n) is 5.81. The first-order valence-electron chi connectivity index (χ1n) is 7.49. The van der Waals surface area contributed by atoms with Gasteiger partial charge in [-0.1, -0.05) is 42.5 Å². The summed E-state index contributed by atoms with van der Waals surface area (Å²) in [6.45, 7) is 0. The Kier molecular flexibility index (Phi) is 4.13. The molecular formula is C18H18F2N2O. The molecule has 1 amide bonds. The van der Waals surface area contributed by atoms with Crippen LogP contribution in [0.1, 0.15) is 28.7 Å². The monoisotopic (exact) mass is 316 g/mol. The van der Waals surface area contributed by atoms with Crippen molar-refractivity contribution in [2.45, 2.75) is 25.3 Å². The number of nitrogens with two attached hydrogens (primary N) is 1. The number of carbonyl (C=O) groups excluding carboxylic acids is 1. The second-order valence-corrected chi connectivity index (χ2v) is 5.81. The van der Waals surface area contributed by atoms with Gasteiger partial charge in [-0.3, -0.25) is 4.79 Å². The van der Waals surface area contributed by atoms with E-state index in [1.807, 2.05) is 18.2 Å². The number of nitrogens with zero attached hydrogens (tertiary/aromatic N) is 1. The van der Waals surface area contributed by atoms with Gasteiger partial charge in [0.25, 0.3) is 6.43 Å². The lowest BCUT2D eigenvalue weighted by Gasteiger charge is -2.31. The maximum absolute atomic E-state index is 13.2. The molecule has 1 atom stereocenters. The third kappa shape index (κ3) is 2.84. The molecule has 3 rings (SSSR count). The summed E-state index contributed by atoms with van der Waals surface area (Å²) in [5, 5.41) is 0. The van der Waals surface area contributed by atoms with Crippen LogP contribution in [-0.2, 0) is 17.6 Å². The number of hydrogen-bond acceptors (Lipinski definition) is 2. The molecule has 1 heterocycles. The molecule has 0 saturated heterocycles. The van der Waals surface area contributed by atoms with Gasteiger partial charge in [0.2, 0.25) is 5.91 Å². The van der Waals surface area contributed by atoms with E-state index in [-0.39, 0.29) is 11.5 Å². The van der Waals surface area contributed by atoms with Crippen molar-refractivity contribution in [3.05, 3.63) is 64.7 Å². The summed E-state index contributed by atoms with van der Waals surface area (Å²) in [5.41, 5.74) is 9.10. The van der Waals surface area contributed by atoms with Crippen molar-refractivity contribution in [2.24, 2.45) is 5.73 Å². The average Bonchev–Trinajstić information content (AvgIpc) is 2.53. The van der Waals surface area contributed by atoms with E-state index in [9.17, 15) is 13.6 Å². The molecule has 2 aromatic carbocycles. The van der Waals surface area contributed by atoms with E-state index in [4.69, 9.17) is 5.73 Å². The zero-order chi connectivity index (χ0) is 16.6. The molecule has 0 aromatic heterocycles. The first kappa shape index (κ1) is 15.6. The van der Waals surface area contributed by atoms with E-state index in [1.165, 1.54) is 6.07 Å². The van der Waals surface area contributed by atoms with Crippen LogP contribution in [0, 0.1) is 0 Å². The van der Waals surface area contributed by atoms with Gasteiger partial charge in [-0.25, -0.2) is 8.78 Å². The SMILES string of the molecule is CN1C(=O)[C@H](N)Cc2cccc(Cc3ccccc3C(F)F)c21. The van der Waals surface area contributed by atoms with Gasteiger partial charge in [-0.15, -0.1) is 0 Å². The van der Waals surface area contributed by atoms with Gasteiger partial charge in [-0.2, -0.15) is 0 Å². The molecule has 0 saturated carbocycles. The minimum Gasteiger partial charge on any atom is -0.320 e.